The number of hydrogen-bond acceptors (Lipinski definition) is 3. The second-order valence-corrected chi connectivity index (χ2v) is 3.89. The Labute approximate surface area is 103 Å². The smallest absolute Gasteiger partial charge is 0.179 e. The van der Waals surface area contributed by atoms with E-state index in [1.54, 1.807) is 7.11 Å². The first-order chi connectivity index (χ1) is 7.74. The van der Waals surface area contributed by atoms with Crippen LogP contribution in [0.1, 0.15) is 0 Å². The lowest BCUT2D eigenvalue weighted by molar-refractivity contribution is 0.411. The van der Waals surface area contributed by atoms with E-state index in [9.17, 15) is 0 Å². The van der Waals surface area contributed by atoms with Gasteiger partial charge < -0.3 is 9.72 Å². The quantitative estimate of drug-likeness (QED) is 0.832. The van der Waals surface area contributed by atoms with Crippen molar-refractivity contribution >= 4 is 23.8 Å². The molecular formula is C11H9ClN2OS. The van der Waals surface area contributed by atoms with Crippen LogP contribution >= 0.6 is 23.8 Å². The Morgan fingerprint density at radius 2 is 2.12 bits per heavy atom. The first-order valence-corrected chi connectivity index (χ1v) is 5.39. The highest BCUT2D eigenvalue weighted by atomic mass is 35.5. The number of aromatic amines is 1. The number of ether oxygens (including phenoxy) is 1. The van der Waals surface area contributed by atoms with E-state index in [1.165, 1.54) is 6.33 Å². The van der Waals surface area contributed by atoms with Gasteiger partial charge in [-0.1, -0.05) is 42.0 Å². The molecule has 0 atom stereocenters. The summed E-state index contributed by atoms with van der Waals surface area (Å²) in [6.45, 7) is 0. The molecule has 0 saturated carbocycles. The summed E-state index contributed by atoms with van der Waals surface area (Å²) in [5.74, 6) is 0.533. The molecule has 0 spiro atoms. The Bertz CT molecular complexity index is 568. The topological polar surface area (TPSA) is 37.9 Å². The number of aromatic nitrogens is 2. The van der Waals surface area contributed by atoms with E-state index in [-0.39, 0.29) is 0 Å². The van der Waals surface area contributed by atoms with Gasteiger partial charge in [-0.05, 0) is 6.07 Å². The van der Waals surface area contributed by atoms with E-state index in [4.69, 9.17) is 28.6 Å². The molecule has 2 aromatic rings. The molecule has 0 saturated heterocycles. The second-order valence-electron chi connectivity index (χ2n) is 3.10. The van der Waals surface area contributed by atoms with Gasteiger partial charge >= 0.3 is 0 Å². The maximum atomic E-state index is 6.11. The minimum atomic E-state index is 0.413. The Morgan fingerprint density at radius 1 is 1.38 bits per heavy atom. The van der Waals surface area contributed by atoms with Crippen LogP contribution in [-0.2, 0) is 0 Å². The molecule has 0 bridgehead atoms. The lowest BCUT2D eigenvalue weighted by atomic mass is 10.1. The van der Waals surface area contributed by atoms with Gasteiger partial charge in [0, 0.05) is 5.56 Å². The summed E-state index contributed by atoms with van der Waals surface area (Å²) in [7, 11) is 1.56. The summed E-state index contributed by atoms with van der Waals surface area (Å²) in [6.07, 6.45) is 1.53. The van der Waals surface area contributed by atoms with Crippen LogP contribution in [-0.4, -0.2) is 17.1 Å². The Kier molecular flexibility index (Phi) is 3.22. The largest absolute Gasteiger partial charge is 0.491 e. The molecule has 1 aromatic carbocycles. The Hall–Kier alpha value is -1.39. The maximum absolute atomic E-state index is 6.11. The third-order valence-corrected chi connectivity index (χ3v) is 2.78. The van der Waals surface area contributed by atoms with Gasteiger partial charge in [0.15, 0.2) is 10.4 Å². The summed E-state index contributed by atoms with van der Waals surface area (Å²) in [5.41, 5.74) is 1.59. The van der Waals surface area contributed by atoms with Crippen molar-refractivity contribution in [2.75, 3.05) is 7.11 Å². The molecule has 0 aliphatic carbocycles. The lowest BCUT2D eigenvalue weighted by Crippen LogP contribution is -1.94. The minimum absolute atomic E-state index is 0.413. The molecule has 0 unspecified atom stereocenters. The van der Waals surface area contributed by atoms with Crippen LogP contribution in [0.4, 0.5) is 0 Å². The molecule has 82 valence electrons. The Morgan fingerprint density at radius 3 is 2.81 bits per heavy atom. The van der Waals surface area contributed by atoms with E-state index in [1.807, 2.05) is 24.3 Å². The SMILES string of the molecule is COc1c(-c2ccccc2Cl)[nH]cnc1=S. The average Bonchev–Trinajstić information content (AvgIpc) is 2.29. The van der Waals surface area contributed by atoms with Gasteiger partial charge in [-0.15, -0.1) is 0 Å². The monoisotopic (exact) mass is 252 g/mol. The average molecular weight is 253 g/mol. The van der Waals surface area contributed by atoms with E-state index in [2.05, 4.69) is 9.97 Å². The van der Waals surface area contributed by atoms with Crippen molar-refractivity contribution in [3.8, 4) is 17.0 Å². The van der Waals surface area contributed by atoms with E-state index in [0.717, 1.165) is 11.3 Å². The highest BCUT2D eigenvalue weighted by Gasteiger charge is 2.10. The predicted octanol–water partition coefficient (Wildman–Crippen LogP) is 3.47. The van der Waals surface area contributed by atoms with Crippen molar-refractivity contribution in [1.29, 1.82) is 0 Å². The molecular weight excluding hydrogens is 244 g/mol. The van der Waals surface area contributed by atoms with Crippen molar-refractivity contribution in [3.05, 3.63) is 40.3 Å². The van der Waals surface area contributed by atoms with Crippen molar-refractivity contribution in [1.82, 2.24) is 9.97 Å². The number of benzene rings is 1. The van der Waals surface area contributed by atoms with Crippen LogP contribution in [0.15, 0.2) is 30.6 Å². The van der Waals surface area contributed by atoms with Crippen LogP contribution in [0.3, 0.4) is 0 Å². The third kappa shape index (κ3) is 1.94. The van der Waals surface area contributed by atoms with Crippen molar-refractivity contribution in [3.63, 3.8) is 0 Å². The van der Waals surface area contributed by atoms with Gasteiger partial charge in [-0.3, -0.25) is 0 Å². The summed E-state index contributed by atoms with van der Waals surface area (Å²) in [6, 6.07) is 7.48. The van der Waals surface area contributed by atoms with Gasteiger partial charge in [0.2, 0.25) is 0 Å². The van der Waals surface area contributed by atoms with Gasteiger partial charge in [-0.25, -0.2) is 4.98 Å². The number of halogens is 1. The zero-order chi connectivity index (χ0) is 11.5. The number of hydrogen-bond donors (Lipinski definition) is 1. The minimum Gasteiger partial charge on any atom is -0.491 e. The first kappa shape index (κ1) is 11.1. The zero-order valence-corrected chi connectivity index (χ0v) is 10.1. The summed E-state index contributed by atoms with van der Waals surface area (Å²) < 4.78 is 5.64. The maximum Gasteiger partial charge on any atom is 0.179 e. The van der Waals surface area contributed by atoms with Crippen LogP contribution in [0, 0.1) is 4.64 Å². The fraction of sp³-hybridized carbons (Fsp3) is 0.0909. The van der Waals surface area contributed by atoms with Gasteiger partial charge in [0.25, 0.3) is 0 Å². The molecule has 16 heavy (non-hydrogen) atoms. The Balaban J connectivity index is 2.70. The highest BCUT2D eigenvalue weighted by molar-refractivity contribution is 7.71. The van der Waals surface area contributed by atoms with Crippen LogP contribution in [0.2, 0.25) is 5.02 Å². The molecule has 2 rings (SSSR count). The fourth-order valence-corrected chi connectivity index (χ4v) is 1.91. The lowest BCUT2D eigenvalue weighted by Gasteiger charge is -2.09. The molecule has 1 aromatic heterocycles. The molecule has 1 heterocycles. The van der Waals surface area contributed by atoms with Gasteiger partial charge in [0.1, 0.15) is 0 Å². The fourth-order valence-electron chi connectivity index (χ4n) is 1.44. The molecule has 0 amide bonds. The molecule has 0 radical (unpaired) electrons. The molecule has 3 nitrogen and oxygen atoms in total. The number of nitrogens with one attached hydrogen (secondary N) is 1. The van der Waals surface area contributed by atoms with E-state index >= 15 is 0 Å². The van der Waals surface area contributed by atoms with E-state index in [0.29, 0.717) is 15.4 Å². The second kappa shape index (κ2) is 4.63. The molecule has 0 aliphatic rings. The summed E-state index contributed by atoms with van der Waals surface area (Å²) >= 11 is 11.2. The van der Waals surface area contributed by atoms with Gasteiger partial charge in [0.05, 0.1) is 24.2 Å². The molecule has 1 N–H and O–H groups in total. The van der Waals surface area contributed by atoms with Crippen LogP contribution < -0.4 is 4.74 Å². The van der Waals surface area contributed by atoms with E-state index < -0.39 is 0 Å². The number of nitrogens with zero attached hydrogens (tertiary/aromatic N) is 1. The zero-order valence-electron chi connectivity index (χ0n) is 8.53. The van der Waals surface area contributed by atoms with Crippen molar-refractivity contribution in [2.45, 2.75) is 0 Å². The van der Waals surface area contributed by atoms with Crippen LogP contribution in [0.5, 0.6) is 5.75 Å². The summed E-state index contributed by atoms with van der Waals surface area (Å²) in [5, 5.41) is 0.637. The normalized spacial score (nSPS) is 10.1. The third-order valence-electron chi connectivity index (χ3n) is 2.16. The van der Waals surface area contributed by atoms with Crippen molar-refractivity contribution < 1.29 is 4.74 Å². The standard InChI is InChI=1S/C11H9ClN2OS/c1-15-10-9(13-6-14-11(10)16)7-4-2-3-5-8(7)12/h2-6H,1H3,(H,13,14,16). The predicted molar refractivity (Wildman–Crippen MR) is 66.4 cm³/mol. The number of methoxy groups -OCH3 is 1. The molecule has 0 fully saturated rings. The van der Waals surface area contributed by atoms with Crippen LogP contribution in [0.25, 0.3) is 11.3 Å². The highest BCUT2D eigenvalue weighted by Crippen LogP contribution is 2.32. The first-order valence-electron chi connectivity index (χ1n) is 4.60. The summed E-state index contributed by atoms with van der Waals surface area (Å²) in [4.78, 5) is 6.96. The number of H-pyrrole nitrogens is 1. The number of rotatable bonds is 2. The van der Waals surface area contributed by atoms with Crippen molar-refractivity contribution in [2.24, 2.45) is 0 Å². The molecule has 5 heteroatoms. The van der Waals surface area contributed by atoms with Gasteiger partial charge in [-0.2, -0.15) is 0 Å². The molecule has 0 aliphatic heterocycles.